The fourth-order valence-electron chi connectivity index (χ4n) is 3.21. The van der Waals surface area contributed by atoms with Gasteiger partial charge in [0.25, 0.3) is 0 Å². The Morgan fingerprint density at radius 2 is 1.81 bits per heavy atom. The first kappa shape index (κ1) is 14.0. The van der Waals surface area contributed by atoms with E-state index in [2.05, 4.69) is 0 Å². The number of fused-ring (bicyclic) bond motifs is 2. The van der Waals surface area contributed by atoms with Gasteiger partial charge in [0.05, 0.1) is 6.42 Å². The second kappa shape index (κ2) is 4.80. The summed E-state index contributed by atoms with van der Waals surface area (Å²) in [5.41, 5.74) is 8.21. The monoisotopic (exact) mass is 293 g/mol. The first-order valence-corrected chi connectivity index (χ1v) is 7.09. The maximum Gasteiger partial charge on any atom is 0.305 e. The molecule has 4 N–H and O–H groups in total. The molecule has 0 saturated heterocycles. The van der Waals surface area contributed by atoms with E-state index in [0.29, 0.717) is 35.5 Å². The average Bonchev–Trinajstić information content (AvgIpc) is 2.92. The number of phenols is 1. The Morgan fingerprint density at radius 3 is 2.43 bits per heavy atom. The van der Waals surface area contributed by atoms with Crippen LogP contribution in [0.25, 0.3) is 0 Å². The van der Waals surface area contributed by atoms with E-state index >= 15 is 0 Å². The standard InChI is InChI=1S/C15H19NO5/c1-6-3-8-12(10(16)5-11(17)18)14-9(4-7(2)20-14)13(19)15(8)21-6/h6-7,10,19H,3-5,16H2,1-2H3,(H,17,18). The van der Waals surface area contributed by atoms with E-state index in [9.17, 15) is 9.90 Å². The molecule has 0 saturated carbocycles. The van der Waals surface area contributed by atoms with Crippen molar-refractivity contribution in [2.75, 3.05) is 0 Å². The molecule has 2 aliphatic rings. The summed E-state index contributed by atoms with van der Waals surface area (Å²) in [6.45, 7) is 3.81. The number of aliphatic carboxylic acids is 1. The molecule has 0 aliphatic carbocycles. The molecule has 3 rings (SSSR count). The van der Waals surface area contributed by atoms with E-state index in [0.717, 1.165) is 5.56 Å². The van der Waals surface area contributed by atoms with Gasteiger partial charge in [0.15, 0.2) is 11.5 Å². The second-order valence-corrected chi connectivity index (χ2v) is 5.85. The smallest absolute Gasteiger partial charge is 0.305 e. The van der Waals surface area contributed by atoms with Crippen LogP contribution in [0.15, 0.2) is 0 Å². The number of nitrogens with two attached hydrogens (primary N) is 1. The number of aromatic hydroxyl groups is 1. The number of carboxylic acids is 1. The molecule has 2 heterocycles. The van der Waals surface area contributed by atoms with Crippen LogP contribution in [0.4, 0.5) is 0 Å². The molecule has 0 radical (unpaired) electrons. The molecule has 1 aromatic carbocycles. The lowest BCUT2D eigenvalue weighted by Gasteiger charge is -2.19. The Bertz CT molecular complexity index is 574. The van der Waals surface area contributed by atoms with Crippen molar-refractivity contribution in [3.05, 3.63) is 16.7 Å². The molecule has 0 spiro atoms. The van der Waals surface area contributed by atoms with Gasteiger partial charge in [0.1, 0.15) is 18.0 Å². The zero-order chi connectivity index (χ0) is 15.3. The van der Waals surface area contributed by atoms with Gasteiger partial charge in [-0.1, -0.05) is 0 Å². The van der Waals surface area contributed by atoms with Crippen LogP contribution in [0, 0.1) is 0 Å². The lowest BCUT2D eigenvalue weighted by Crippen LogP contribution is -2.18. The lowest BCUT2D eigenvalue weighted by atomic mass is 9.91. The number of benzene rings is 1. The van der Waals surface area contributed by atoms with E-state index in [-0.39, 0.29) is 24.4 Å². The Labute approximate surface area is 122 Å². The minimum Gasteiger partial charge on any atom is -0.504 e. The third-order valence-corrected chi connectivity index (χ3v) is 4.01. The highest BCUT2D eigenvalue weighted by atomic mass is 16.5. The molecule has 0 bridgehead atoms. The largest absolute Gasteiger partial charge is 0.504 e. The molecular weight excluding hydrogens is 274 g/mol. The summed E-state index contributed by atoms with van der Waals surface area (Å²) >= 11 is 0. The maximum absolute atomic E-state index is 11.0. The van der Waals surface area contributed by atoms with Gasteiger partial charge in [-0.2, -0.15) is 0 Å². The number of hydrogen-bond donors (Lipinski definition) is 3. The summed E-state index contributed by atoms with van der Waals surface area (Å²) in [5, 5.41) is 19.4. The van der Waals surface area contributed by atoms with Crippen LogP contribution in [0.2, 0.25) is 0 Å². The summed E-state index contributed by atoms with van der Waals surface area (Å²) in [4.78, 5) is 11.0. The molecule has 2 aliphatic heterocycles. The summed E-state index contributed by atoms with van der Waals surface area (Å²) < 4.78 is 11.5. The van der Waals surface area contributed by atoms with E-state index < -0.39 is 12.0 Å². The number of hydrogen-bond acceptors (Lipinski definition) is 5. The van der Waals surface area contributed by atoms with Gasteiger partial charge in [-0.15, -0.1) is 0 Å². The van der Waals surface area contributed by atoms with E-state index in [1.807, 2.05) is 13.8 Å². The number of rotatable bonds is 3. The highest BCUT2D eigenvalue weighted by molar-refractivity contribution is 5.71. The van der Waals surface area contributed by atoms with Crippen molar-refractivity contribution >= 4 is 5.97 Å². The Hall–Kier alpha value is -1.95. The van der Waals surface area contributed by atoms with Crippen molar-refractivity contribution in [2.45, 2.75) is 51.4 Å². The van der Waals surface area contributed by atoms with Crippen LogP contribution < -0.4 is 15.2 Å². The van der Waals surface area contributed by atoms with Crippen molar-refractivity contribution in [2.24, 2.45) is 5.73 Å². The highest BCUT2D eigenvalue weighted by Gasteiger charge is 2.37. The topological polar surface area (TPSA) is 102 Å². The third-order valence-electron chi connectivity index (χ3n) is 4.01. The molecule has 0 aromatic heterocycles. The third kappa shape index (κ3) is 2.19. The van der Waals surface area contributed by atoms with Crippen molar-refractivity contribution in [1.29, 1.82) is 0 Å². The van der Waals surface area contributed by atoms with Crippen molar-refractivity contribution in [3.63, 3.8) is 0 Å². The molecule has 3 unspecified atom stereocenters. The fraction of sp³-hybridized carbons (Fsp3) is 0.533. The van der Waals surface area contributed by atoms with E-state index in [1.165, 1.54) is 0 Å². The van der Waals surface area contributed by atoms with Gasteiger partial charge in [-0.3, -0.25) is 4.79 Å². The van der Waals surface area contributed by atoms with E-state index in [1.54, 1.807) is 0 Å². The van der Waals surface area contributed by atoms with Crippen LogP contribution >= 0.6 is 0 Å². The SMILES string of the molecule is CC1Cc2c(c(O)c3c(c2C(N)CC(=O)O)OC(C)C3)O1. The van der Waals surface area contributed by atoms with Gasteiger partial charge in [-0.05, 0) is 13.8 Å². The molecule has 0 amide bonds. The summed E-state index contributed by atoms with van der Waals surface area (Å²) in [6.07, 6.45) is 0.842. The second-order valence-electron chi connectivity index (χ2n) is 5.85. The first-order valence-electron chi connectivity index (χ1n) is 7.09. The van der Waals surface area contributed by atoms with Gasteiger partial charge in [0, 0.05) is 35.6 Å². The zero-order valence-corrected chi connectivity index (χ0v) is 12.0. The Morgan fingerprint density at radius 1 is 1.24 bits per heavy atom. The van der Waals surface area contributed by atoms with Gasteiger partial charge in [0.2, 0.25) is 0 Å². The normalized spacial score (nSPS) is 24.0. The number of phenolic OH excluding ortho intramolecular Hbond substituents is 1. The van der Waals surface area contributed by atoms with Crippen LogP contribution in [-0.4, -0.2) is 28.4 Å². The highest BCUT2D eigenvalue weighted by Crippen LogP contribution is 2.52. The summed E-state index contributed by atoms with van der Waals surface area (Å²) in [6, 6.07) is -0.676. The maximum atomic E-state index is 11.0. The molecule has 6 heteroatoms. The predicted octanol–water partition coefficient (Wildman–Crippen LogP) is 1.51. The van der Waals surface area contributed by atoms with Crippen LogP contribution in [0.5, 0.6) is 17.2 Å². The molecule has 3 atom stereocenters. The number of carbonyl (C=O) groups is 1. The number of ether oxygens (including phenoxy) is 2. The minimum atomic E-state index is -0.962. The van der Waals surface area contributed by atoms with Crippen molar-refractivity contribution in [3.8, 4) is 17.2 Å². The molecule has 6 nitrogen and oxygen atoms in total. The Balaban J connectivity index is 2.16. The molecule has 21 heavy (non-hydrogen) atoms. The summed E-state index contributed by atoms with van der Waals surface area (Å²) in [7, 11) is 0. The van der Waals surface area contributed by atoms with Crippen LogP contribution in [0.3, 0.4) is 0 Å². The van der Waals surface area contributed by atoms with Crippen molar-refractivity contribution < 1.29 is 24.5 Å². The molecule has 0 fully saturated rings. The fourth-order valence-corrected chi connectivity index (χ4v) is 3.21. The van der Waals surface area contributed by atoms with Gasteiger partial charge >= 0.3 is 5.97 Å². The van der Waals surface area contributed by atoms with E-state index in [4.69, 9.17) is 20.3 Å². The first-order chi connectivity index (χ1) is 9.88. The lowest BCUT2D eigenvalue weighted by molar-refractivity contribution is -0.137. The molecular formula is C15H19NO5. The Kier molecular flexibility index (Phi) is 3.20. The quantitative estimate of drug-likeness (QED) is 0.781. The minimum absolute atomic E-state index is 0.0679. The predicted molar refractivity (Wildman–Crippen MR) is 74.9 cm³/mol. The van der Waals surface area contributed by atoms with Crippen LogP contribution in [-0.2, 0) is 17.6 Å². The van der Waals surface area contributed by atoms with Crippen molar-refractivity contribution in [1.82, 2.24) is 0 Å². The zero-order valence-electron chi connectivity index (χ0n) is 12.0. The molecule has 1 aromatic rings. The average molecular weight is 293 g/mol. The summed E-state index contributed by atoms with van der Waals surface area (Å²) in [5.74, 6) is 0.135. The van der Waals surface area contributed by atoms with Crippen LogP contribution in [0.1, 0.15) is 43.0 Å². The number of carboxylic acid groups (broad SMARTS) is 1. The van der Waals surface area contributed by atoms with Gasteiger partial charge in [-0.25, -0.2) is 0 Å². The van der Waals surface area contributed by atoms with Gasteiger partial charge < -0.3 is 25.4 Å². The molecule has 114 valence electrons.